The van der Waals surface area contributed by atoms with Crippen molar-refractivity contribution < 1.29 is 23.5 Å². The second kappa shape index (κ2) is 13.7. The molecule has 236 valence electrons. The average Bonchev–Trinajstić information content (AvgIpc) is 3.82. The molecule has 3 aliphatic carbocycles. The van der Waals surface area contributed by atoms with Crippen molar-refractivity contribution in [2.75, 3.05) is 25.6 Å². The van der Waals surface area contributed by atoms with Crippen molar-refractivity contribution >= 4 is 17.8 Å². The molecule has 0 spiro atoms. The van der Waals surface area contributed by atoms with Gasteiger partial charge in [-0.25, -0.2) is 19.7 Å². The number of nitrogens with one attached hydrogen (secondary N) is 1. The monoisotopic (exact) mass is 612 g/mol. The smallest absolute Gasteiger partial charge is 0.407 e. The molecule has 3 aromatic heterocycles. The van der Waals surface area contributed by atoms with E-state index in [0.29, 0.717) is 61.3 Å². The molecule has 0 unspecified atom stereocenters. The van der Waals surface area contributed by atoms with Gasteiger partial charge in [-0.1, -0.05) is 0 Å². The molecular formula is C34H40N6O5. The number of nitrogens with zero attached hydrogens (tertiary/aromatic N) is 5. The number of ether oxygens (including phenoxy) is 2. The van der Waals surface area contributed by atoms with Crippen LogP contribution in [0.25, 0.3) is 11.3 Å². The topological polar surface area (TPSA) is 143 Å². The number of anilines is 1. The summed E-state index contributed by atoms with van der Waals surface area (Å²) >= 11 is 0. The van der Waals surface area contributed by atoms with E-state index in [0.717, 1.165) is 61.4 Å². The summed E-state index contributed by atoms with van der Waals surface area (Å²) in [5.74, 6) is 2.75. The Morgan fingerprint density at radius 3 is 2.47 bits per heavy atom. The molecule has 0 bridgehead atoms. The Bertz CT molecular complexity index is 1550. The van der Waals surface area contributed by atoms with Gasteiger partial charge in [0.2, 0.25) is 5.91 Å². The summed E-state index contributed by atoms with van der Waals surface area (Å²) < 4.78 is 16.5. The summed E-state index contributed by atoms with van der Waals surface area (Å²) in [6.45, 7) is 0.572. The Hall–Kier alpha value is -4.46. The van der Waals surface area contributed by atoms with Gasteiger partial charge in [0, 0.05) is 48.8 Å². The molecule has 0 aliphatic heterocycles. The van der Waals surface area contributed by atoms with Crippen LogP contribution >= 0.6 is 0 Å². The van der Waals surface area contributed by atoms with Crippen molar-refractivity contribution in [2.24, 2.45) is 11.8 Å². The molecule has 45 heavy (non-hydrogen) atoms. The number of alkyl carbamates (subject to hydrolysis) is 1. The fourth-order valence-electron chi connectivity index (χ4n) is 6.65. The predicted molar refractivity (Wildman–Crippen MR) is 166 cm³/mol. The largest absolute Gasteiger partial charge is 0.494 e. The number of aromatic nitrogens is 3. The van der Waals surface area contributed by atoms with Crippen LogP contribution in [0.3, 0.4) is 0 Å². The van der Waals surface area contributed by atoms with Crippen molar-refractivity contribution in [2.45, 2.75) is 82.1 Å². The zero-order valence-corrected chi connectivity index (χ0v) is 25.9. The first-order valence-electron chi connectivity index (χ1n) is 16.0. The summed E-state index contributed by atoms with van der Waals surface area (Å²) in [5.41, 5.74) is 2.86. The Balaban J connectivity index is 1.18. The first-order valence-corrected chi connectivity index (χ1v) is 16.0. The fourth-order valence-corrected chi connectivity index (χ4v) is 6.65. The number of oxazole rings is 1. The van der Waals surface area contributed by atoms with Crippen LogP contribution in [0.2, 0.25) is 0 Å². The van der Waals surface area contributed by atoms with Crippen molar-refractivity contribution in [1.82, 2.24) is 20.3 Å². The number of pyridine rings is 2. The van der Waals surface area contributed by atoms with Gasteiger partial charge in [-0.05, 0) is 94.4 Å². The van der Waals surface area contributed by atoms with Crippen LogP contribution in [0.4, 0.5) is 10.6 Å². The van der Waals surface area contributed by atoms with E-state index < -0.39 is 6.09 Å². The normalized spacial score (nSPS) is 23.0. The fraction of sp³-hybridized carbons (Fsp3) is 0.529. The summed E-state index contributed by atoms with van der Waals surface area (Å²) in [7, 11) is 3.09. The summed E-state index contributed by atoms with van der Waals surface area (Å²) in [6.07, 6.45) is 11.4. The minimum absolute atomic E-state index is 0.0643. The maximum Gasteiger partial charge on any atom is 0.407 e. The third-order valence-corrected chi connectivity index (χ3v) is 9.45. The number of nitriles is 1. The van der Waals surface area contributed by atoms with E-state index in [2.05, 4.69) is 21.4 Å². The second-order valence-electron chi connectivity index (χ2n) is 12.4. The first kappa shape index (κ1) is 30.6. The van der Waals surface area contributed by atoms with Gasteiger partial charge in [-0.15, -0.1) is 0 Å². The summed E-state index contributed by atoms with van der Waals surface area (Å²) in [5, 5.41) is 12.0. The molecule has 0 aromatic carbocycles. The molecule has 0 radical (unpaired) electrons. The van der Waals surface area contributed by atoms with Gasteiger partial charge in [-0.3, -0.25) is 9.69 Å². The van der Waals surface area contributed by atoms with E-state index in [1.54, 1.807) is 26.6 Å². The van der Waals surface area contributed by atoms with E-state index in [1.165, 1.54) is 0 Å². The standard InChI is InChI=1S/C34H40N6O5/c1-36-34(42)45-26-11-9-24(10-12-26)33(41)40(31-17-25(15-16-37-31)29-20-44-32(39-29)23-7-8-23)19-21-3-5-22(6-4-21)27-13-14-30(43-2)28(18-35)38-27/h13-17,20-24,26H,3-12,19H2,1-2H3,(H,36,42). The van der Waals surface area contributed by atoms with E-state index in [1.807, 2.05) is 29.2 Å². The molecule has 0 saturated heterocycles. The Labute approximate surface area is 263 Å². The van der Waals surface area contributed by atoms with Crippen LogP contribution in [0.1, 0.15) is 93.3 Å². The molecule has 2 amide bonds. The van der Waals surface area contributed by atoms with Crippen molar-refractivity contribution in [3.05, 3.63) is 54.0 Å². The van der Waals surface area contributed by atoms with Crippen LogP contribution in [0, 0.1) is 23.2 Å². The van der Waals surface area contributed by atoms with Gasteiger partial charge in [0.1, 0.15) is 29.9 Å². The highest BCUT2D eigenvalue weighted by atomic mass is 16.6. The Morgan fingerprint density at radius 2 is 1.78 bits per heavy atom. The van der Waals surface area contributed by atoms with Crippen molar-refractivity contribution in [3.63, 3.8) is 0 Å². The lowest BCUT2D eigenvalue weighted by Gasteiger charge is -2.35. The number of amides is 2. The number of rotatable bonds is 9. The van der Waals surface area contributed by atoms with Crippen LogP contribution in [0.5, 0.6) is 5.75 Å². The molecule has 1 N–H and O–H groups in total. The molecule has 3 aliphatic rings. The number of hydrogen-bond donors (Lipinski definition) is 1. The molecule has 3 saturated carbocycles. The Kier molecular flexibility index (Phi) is 9.29. The van der Waals surface area contributed by atoms with E-state index in [-0.39, 0.29) is 23.8 Å². The predicted octanol–water partition coefficient (Wildman–Crippen LogP) is 6.11. The maximum absolute atomic E-state index is 14.2. The summed E-state index contributed by atoms with van der Waals surface area (Å²) in [6, 6.07) is 9.77. The SMILES string of the molecule is CNC(=O)OC1CCC(C(=O)N(CC2CCC(c3ccc(OC)c(C#N)n3)CC2)c2cc(-c3coc(C4CC4)n3)ccn2)CC1. The molecule has 6 rings (SSSR count). The zero-order chi connectivity index (χ0) is 31.3. The minimum atomic E-state index is -0.436. The van der Waals surface area contributed by atoms with E-state index in [4.69, 9.17) is 18.9 Å². The van der Waals surface area contributed by atoms with Crippen LogP contribution in [-0.2, 0) is 9.53 Å². The van der Waals surface area contributed by atoms with Crippen molar-refractivity contribution in [1.29, 1.82) is 5.26 Å². The van der Waals surface area contributed by atoms with E-state index in [9.17, 15) is 14.9 Å². The highest BCUT2D eigenvalue weighted by Gasteiger charge is 2.35. The minimum Gasteiger partial charge on any atom is -0.494 e. The lowest BCUT2D eigenvalue weighted by atomic mass is 9.79. The molecule has 11 nitrogen and oxygen atoms in total. The molecule has 3 fully saturated rings. The quantitative estimate of drug-likeness (QED) is 0.303. The molecule has 0 atom stereocenters. The molecule has 3 heterocycles. The van der Waals surface area contributed by atoms with Gasteiger partial charge in [0.15, 0.2) is 17.3 Å². The van der Waals surface area contributed by atoms with Crippen LogP contribution in [0.15, 0.2) is 41.1 Å². The lowest BCUT2D eigenvalue weighted by molar-refractivity contribution is -0.124. The number of carbonyl (C=O) groups excluding carboxylic acids is 2. The molecule has 3 aromatic rings. The third-order valence-electron chi connectivity index (χ3n) is 9.45. The molecule has 11 heteroatoms. The first-order chi connectivity index (χ1) is 21.9. The lowest BCUT2D eigenvalue weighted by Crippen LogP contribution is -2.42. The third kappa shape index (κ3) is 7.11. The van der Waals surface area contributed by atoms with E-state index >= 15 is 0 Å². The van der Waals surface area contributed by atoms with Gasteiger partial charge in [-0.2, -0.15) is 5.26 Å². The van der Waals surface area contributed by atoms with Crippen LogP contribution in [-0.4, -0.2) is 53.8 Å². The van der Waals surface area contributed by atoms with Gasteiger partial charge in [0.05, 0.1) is 7.11 Å². The average molecular weight is 613 g/mol. The van der Waals surface area contributed by atoms with Gasteiger partial charge < -0.3 is 19.2 Å². The molecular weight excluding hydrogens is 572 g/mol. The van der Waals surface area contributed by atoms with Gasteiger partial charge >= 0.3 is 6.09 Å². The van der Waals surface area contributed by atoms with Gasteiger partial charge in [0.25, 0.3) is 0 Å². The van der Waals surface area contributed by atoms with Crippen molar-refractivity contribution in [3.8, 4) is 23.1 Å². The maximum atomic E-state index is 14.2. The number of carbonyl (C=O) groups is 2. The Morgan fingerprint density at radius 1 is 1.02 bits per heavy atom. The number of methoxy groups -OCH3 is 1. The number of hydrogen-bond acceptors (Lipinski definition) is 9. The highest BCUT2D eigenvalue weighted by Crippen LogP contribution is 2.41. The second-order valence-corrected chi connectivity index (χ2v) is 12.4. The zero-order valence-electron chi connectivity index (χ0n) is 25.9. The highest BCUT2D eigenvalue weighted by molar-refractivity contribution is 5.94. The summed E-state index contributed by atoms with van der Waals surface area (Å²) in [4.78, 5) is 41.8. The van der Waals surface area contributed by atoms with Crippen LogP contribution < -0.4 is 15.0 Å².